The Labute approximate surface area is 206 Å². The van der Waals surface area contributed by atoms with Crippen molar-refractivity contribution < 1.29 is 44.9 Å². The molecule has 36 heavy (non-hydrogen) atoms. The third-order valence-corrected chi connectivity index (χ3v) is 6.82. The lowest BCUT2D eigenvalue weighted by molar-refractivity contribution is -0.205. The van der Waals surface area contributed by atoms with E-state index in [0.29, 0.717) is 5.03 Å². The van der Waals surface area contributed by atoms with Gasteiger partial charge in [0.25, 0.3) is 11.5 Å². The molecular weight excluding hydrogens is 504 g/mol. The second-order valence-electron chi connectivity index (χ2n) is 8.14. The van der Waals surface area contributed by atoms with Crippen molar-refractivity contribution in [2.75, 3.05) is 11.9 Å². The van der Waals surface area contributed by atoms with E-state index in [4.69, 9.17) is 9.47 Å². The van der Waals surface area contributed by atoms with Gasteiger partial charge in [-0.05, 0) is 12.1 Å². The number of hydrogen-bond acceptors (Lipinski definition) is 13. The van der Waals surface area contributed by atoms with Crippen LogP contribution >= 0.6 is 11.8 Å². The van der Waals surface area contributed by atoms with E-state index in [1.165, 1.54) is 18.3 Å². The molecule has 2 aromatic heterocycles. The molecule has 9 atom stereocenters. The molecule has 15 nitrogen and oxygen atoms in total. The van der Waals surface area contributed by atoms with Gasteiger partial charge in [0.15, 0.2) is 12.3 Å². The van der Waals surface area contributed by atoms with Gasteiger partial charge in [-0.25, -0.2) is 9.78 Å². The van der Waals surface area contributed by atoms with E-state index in [0.717, 1.165) is 28.6 Å². The number of aliphatic hydroxyl groups excluding tert-OH is 6. The minimum atomic E-state index is -1.68. The van der Waals surface area contributed by atoms with E-state index in [9.17, 15) is 45.0 Å². The Morgan fingerprint density at radius 2 is 1.78 bits per heavy atom. The lowest BCUT2D eigenvalue weighted by atomic mass is 10.0. The number of pyridine rings is 1. The number of carbonyl (C=O) groups is 1. The third kappa shape index (κ3) is 5.22. The summed E-state index contributed by atoms with van der Waals surface area (Å²) in [4.78, 5) is 42.0. The number of ether oxygens (including phenoxy) is 2. The van der Waals surface area contributed by atoms with Crippen LogP contribution in [0.2, 0.25) is 0 Å². The molecule has 2 aromatic rings. The van der Waals surface area contributed by atoms with Crippen LogP contribution in [-0.2, 0) is 14.3 Å². The first-order chi connectivity index (χ1) is 17.1. The van der Waals surface area contributed by atoms with Crippen molar-refractivity contribution in [3.63, 3.8) is 0 Å². The smallest absolute Gasteiger partial charge is 0.330 e. The number of H-pyrrole nitrogens is 1. The van der Waals surface area contributed by atoms with Crippen LogP contribution in [0.15, 0.2) is 45.2 Å². The van der Waals surface area contributed by atoms with Crippen molar-refractivity contribution in [2.45, 2.75) is 59.4 Å². The molecule has 196 valence electrons. The van der Waals surface area contributed by atoms with Crippen molar-refractivity contribution in [3.8, 4) is 0 Å². The maximum atomic E-state index is 12.7. The Kier molecular flexibility index (Phi) is 7.88. The van der Waals surface area contributed by atoms with Crippen LogP contribution in [0.25, 0.3) is 0 Å². The van der Waals surface area contributed by atoms with E-state index in [1.807, 2.05) is 4.98 Å². The van der Waals surface area contributed by atoms with Gasteiger partial charge in [0.2, 0.25) is 0 Å². The quantitative estimate of drug-likeness (QED) is 0.179. The molecule has 2 aliphatic rings. The first-order valence-electron chi connectivity index (χ1n) is 10.7. The van der Waals surface area contributed by atoms with Gasteiger partial charge in [0, 0.05) is 12.3 Å². The van der Waals surface area contributed by atoms with E-state index >= 15 is 0 Å². The van der Waals surface area contributed by atoms with Crippen molar-refractivity contribution in [1.82, 2.24) is 14.5 Å². The normalized spacial score (nSPS) is 34.4. The molecule has 1 amide bonds. The zero-order valence-corrected chi connectivity index (χ0v) is 19.1. The van der Waals surface area contributed by atoms with E-state index in [-0.39, 0.29) is 5.69 Å². The maximum Gasteiger partial charge on any atom is 0.330 e. The Balaban J connectivity index is 1.39. The fourth-order valence-electron chi connectivity index (χ4n) is 3.75. The number of rotatable bonds is 6. The van der Waals surface area contributed by atoms with Gasteiger partial charge < -0.3 is 45.4 Å². The number of thioether (sulfide) groups is 1. The van der Waals surface area contributed by atoms with E-state index in [2.05, 4.69) is 10.3 Å². The van der Waals surface area contributed by atoms with Crippen molar-refractivity contribution >= 4 is 23.4 Å². The van der Waals surface area contributed by atoms with Gasteiger partial charge in [-0.1, -0.05) is 11.8 Å². The fourth-order valence-corrected chi connectivity index (χ4v) is 4.75. The van der Waals surface area contributed by atoms with Crippen LogP contribution in [0.4, 0.5) is 5.69 Å². The molecule has 0 unspecified atom stereocenters. The summed E-state index contributed by atoms with van der Waals surface area (Å²) in [5.41, 5.74) is -2.41. The molecule has 0 spiro atoms. The number of carbonyl (C=O) groups excluding carboxylic acids is 1. The highest BCUT2D eigenvalue weighted by Crippen LogP contribution is 2.33. The molecule has 4 heterocycles. The Morgan fingerprint density at radius 3 is 2.42 bits per heavy atom. The Hall–Kier alpha value is -2.67. The number of anilines is 1. The molecule has 2 aliphatic heterocycles. The fraction of sp³-hybridized carbons (Fsp3) is 0.500. The topological polar surface area (TPSA) is 237 Å². The SMILES string of the molecule is O=C(Nc1ccc(S[C@@H]2O[C@H](CO)[C@@H](O)[C@H](O)[C@H]2O)nc1)[C@H]1O[C@@H](n2ccc(=O)[nH]c2=O)[C@H](O)[C@@H]1O. The van der Waals surface area contributed by atoms with E-state index in [1.54, 1.807) is 0 Å². The second kappa shape index (κ2) is 10.8. The lowest BCUT2D eigenvalue weighted by Gasteiger charge is -2.39. The van der Waals surface area contributed by atoms with Crippen LogP contribution in [-0.4, -0.2) is 106 Å². The Morgan fingerprint density at radius 1 is 1.03 bits per heavy atom. The number of hydrogen-bond donors (Lipinski definition) is 8. The molecule has 2 saturated heterocycles. The molecule has 0 bridgehead atoms. The maximum absolute atomic E-state index is 12.7. The van der Waals surface area contributed by atoms with E-state index < -0.39 is 78.2 Å². The predicted molar refractivity (Wildman–Crippen MR) is 120 cm³/mol. The van der Waals surface area contributed by atoms with Gasteiger partial charge >= 0.3 is 5.69 Å². The van der Waals surface area contributed by atoms with Crippen LogP contribution in [0.3, 0.4) is 0 Å². The van der Waals surface area contributed by atoms with Crippen LogP contribution in [0.5, 0.6) is 0 Å². The number of aromatic amines is 1. The summed E-state index contributed by atoms with van der Waals surface area (Å²) in [6, 6.07) is 3.93. The summed E-state index contributed by atoms with van der Waals surface area (Å²) >= 11 is 0.918. The largest absolute Gasteiger partial charge is 0.394 e. The van der Waals surface area contributed by atoms with Gasteiger partial charge in [-0.3, -0.25) is 19.1 Å². The number of aliphatic hydroxyl groups is 6. The average molecular weight is 528 g/mol. The summed E-state index contributed by atoms with van der Waals surface area (Å²) < 4.78 is 11.7. The van der Waals surface area contributed by atoms with Gasteiger partial charge in [0.1, 0.15) is 42.1 Å². The van der Waals surface area contributed by atoms with Gasteiger partial charge in [0.05, 0.1) is 23.5 Å². The molecule has 0 aliphatic carbocycles. The molecule has 4 rings (SSSR count). The summed E-state index contributed by atoms with van der Waals surface area (Å²) in [7, 11) is 0. The minimum absolute atomic E-state index is 0.188. The monoisotopic (exact) mass is 528 g/mol. The highest BCUT2D eigenvalue weighted by molar-refractivity contribution is 7.99. The highest BCUT2D eigenvalue weighted by Gasteiger charge is 2.48. The van der Waals surface area contributed by atoms with Crippen LogP contribution in [0, 0.1) is 0 Å². The molecule has 2 fully saturated rings. The summed E-state index contributed by atoms with van der Waals surface area (Å²) in [6.07, 6.45) is -9.50. The number of aromatic nitrogens is 3. The molecule has 8 N–H and O–H groups in total. The first-order valence-corrected chi connectivity index (χ1v) is 11.6. The number of nitrogens with zero attached hydrogens (tertiary/aromatic N) is 2. The van der Waals surface area contributed by atoms with Crippen molar-refractivity contribution in [3.05, 3.63) is 51.4 Å². The minimum Gasteiger partial charge on any atom is -0.394 e. The molecule has 0 saturated carbocycles. The summed E-state index contributed by atoms with van der Waals surface area (Å²) in [5.74, 6) is -0.835. The molecule has 16 heteroatoms. The summed E-state index contributed by atoms with van der Waals surface area (Å²) in [6.45, 7) is -0.568. The molecular formula is C20H24N4O11S. The molecule has 0 aromatic carbocycles. The molecule has 0 radical (unpaired) electrons. The second-order valence-corrected chi connectivity index (χ2v) is 9.25. The zero-order chi connectivity index (χ0) is 26.1. The first kappa shape index (κ1) is 26.4. The van der Waals surface area contributed by atoms with Crippen LogP contribution < -0.4 is 16.6 Å². The number of nitrogens with one attached hydrogen (secondary N) is 2. The Bertz CT molecular complexity index is 1190. The van der Waals surface area contributed by atoms with Crippen molar-refractivity contribution in [2.24, 2.45) is 0 Å². The highest BCUT2D eigenvalue weighted by atomic mass is 32.2. The van der Waals surface area contributed by atoms with Crippen molar-refractivity contribution in [1.29, 1.82) is 0 Å². The third-order valence-electron chi connectivity index (χ3n) is 5.71. The van der Waals surface area contributed by atoms with Gasteiger partial charge in [-0.15, -0.1) is 0 Å². The zero-order valence-electron chi connectivity index (χ0n) is 18.3. The van der Waals surface area contributed by atoms with Crippen LogP contribution in [0.1, 0.15) is 6.23 Å². The predicted octanol–water partition coefficient (Wildman–Crippen LogP) is -3.92. The standard InChI is InChI=1S/C20H24N4O11S/c25-6-8-11(27)12(28)15(31)19(34-8)36-10-2-1-7(5-21-10)22-17(32)16-13(29)14(30)18(35-16)24-4-3-9(26)23-20(24)33/h1-5,8,11-16,18-19,25,27-31H,6H2,(H,22,32)(H,23,26,33)/t8-,11-,12+,13+,14-,15-,16+,18-,19+/m1/s1. The average Bonchev–Trinajstić information content (AvgIpc) is 3.15. The lowest BCUT2D eigenvalue weighted by Crippen LogP contribution is -2.57. The summed E-state index contributed by atoms with van der Waals surface area (Å²) in [5, 5.41) is 62.5. The number of amides is 1. The van der Waals surface area contributed by atoms with Gasteiger partial charge in [-0.2, -0.15) is 0 Å².